The quantitative estimate of drug-likeness (QED) is 0.741. The van der Waals surface area contributed by atoms with E-state index in [0.717, 1.165) is 31.4 Å². The third kappa shape index (κ3) is 4.10. The number of aromatic nitrogens is 2. The number of hydrogen-bond acceptors (Lipinski definition) is 5. The predicted molar refractivity (Wildman–Crippen MR) is 97.8 cm³/mol. The molecule has 25 heavy (non-hydrogen) atoms. The van der Waals surface area contributed by atoms with Gasteiger partial charge in [-0.15, -0.1) is 10.2 Å². The Balaban J connectivity index is 1.75. The van der Waals surface area contributed by atoms with E-state index < -0.39 is 0 Å². The molecule has 1 fully saturated rings. The van der Waals surface area contributed by atoms with Gasteiger partial charge in [0.25, 0.3) is 0 Å². The van der Waals surface area contributed by atoms with Crippen LogP contribution < -0.4 is 0 Å². The van der Waals surface area contributed by atoms with Crippen molar-refractivity contribution in [2.24, 2.45) is 5.92 Å². The second kappa shape index (κ2) is 7.67. The summed E-state index contributed by atoms with van der Waals surface area (Å²) in [6.07, 6.45) is 3.21. The first-order chi connectivity index (χ1) is 12.0. The van der Waals surface area contributed by atoms with E-state index in [9.17, 15) is 0 Å². The van der Waals surface area contributed by atoms with Gasteiger partial charge in [-0.05, 0) is 44.2 Å². The molecule has 1 saturated heterocycles. The van der Waals surface area contributed by atoms with Crippen molar-refractivity contribution in [3.8, 4) is 11.5 Å². The Morgan fingerprint density at radius 1 is 1.24 bits per heavy atom. The second-order valence-electron chi connectivity index (χ2n) is 7.48. The first kappa shape index (κ1) is 18.1. The molecule has 2 heterocycles. The van der Waals surface area contributed by atoms with E-state index in [1.165, 1.54) is 0 Å². The number of ether oxygens (including phenoxy) is 1. The number of rotatable bonds is 7. The second-order valence-corrected chi connectivity index (χ2v) is 7.48. The van der Waals surface area contributed by atoms with Crippen LogP contribution in [0.5, 0.6) is 0 Å². The van der Waals surface area contributed by atoms with Gasteiger partial charge in [0.2, 0.25) is 11.8 Å². The first-order valence-corrected chi connectivity index (χ1v) is 9.30. The van der Waals surface area contributed by atoms with Crippen LogP contribution in [-0.2, 0) is 11.3 Å². The van der Waals surface area contributed by atoms with E-state index >= 15 is 0 Å². The molecule has 0 spiro atoms. The minimum absolute atomic E-state index is 0.258. The summed E-state index contributed by atoms with van der Waals surface area (Å²) in [6, 6.07) is 10.3. The van der Waals surface area contributed by atoms with Gasteiger partial charge in [0.15, 0.2) is 0 Å². The van der Waals surface area contributed by atoms with Crippen molar-refractivity contribution in [3.63, 3.8) is 0 Å². The topological polar surface area (TPSA) is 51.4 Å². The molecule has 0 amide bonds. The van der Waals surface area contributed by atoms with E-state index in [1.54, 1.807) is 0 Å². The van der Waals surface area contributed by atoms with Crippen LogP contribution in [0.1, 0.15) is 52.8 Å². The summed E-state index contributed by atoms with van der Waals surface area (Å²) >= 11 is 0. The van der Waals surface area contributed by atoms with Crippen LogP contribution in [0.3, 0.4) is 0 Å². The molecule has 136 valence electrons. The van der Waals surface area contributed by atoms with E-state index in [0.29, 0.717) is 30.3 Å². The van der Waals surface area contributed by atoms with E-state index in [1.807, 2.05) is 30.3 Å². The van der Waals surface area contributed by atoms with Crippen molar-refractivity contribution in [1.29, 1.82) is 0 Å². The summed E-state index contributed by atoms with van der Waals surface area (Å²) in [4.78, 5) is 2.40. The lowest BCUT2D eigenvalue weighted by atomic mass is 10.00. The highest BCUT2D eigenvalue weighted by atomic mass is 16.5. The minimum Gasteiger partial charge on any atom is -0.419 e. The normalized spacial score (nSPS) is 24.3. The molecule has 2 unspecified atom stereocenters. The van der Waals surface area contributed by atoms with Gasteiger partial charge in [-0.1, -0.05) is 39.0 Å². The number of nitrogens with zero attached hydrogens (tertiary/aromatic N) is 3. The first-order valence-electron chi connectivity index (χ1n) is 9.30. The van der Waals surface area contributed by atoms with Crippen LogP contribution >= 0.6 is 0 Å². The lowest BCUT2D eigenvalue weighted by Crippen LogP contribution is -2.45. The fraction of sp³-hybridized carbons (Fsp3) is 0.600. The number of hydrogen-bond donors (Lipinski definition) is 0. The van der Waals surface area contributed by atoms with Gasteiger partial charge < -0.3 is 9.15 Å². The fourth-order valence-electron chi connectivity index (χ4n) is 3.40. The van der Waals surface area contributed by atoms with Crippen LogP contribution in [0, 0.1) is 5.92 Å². The molecule has 2 atom stereocenters. The van der Waals surface area contributed by atoms with Gasteiger partial charge in [0.1, 0.15) is 5.72 Å². The van der Waals surface area contributed by atoms with Gasteiger partial charge in [0.05, 0.1) is 13.2 Å². The fourth-order valence-corrected chi connectivity index (χ4v) is 3.40. The highest BCUT2D eigenvalue weighted by Crippen LogP contribution is 2.35. The molecule has 5 heteroatoms. The molecule has 2 aromatic rings. The molecular weight excluding hydrogens is 314 g/mol. The number of benzene rings is 1. The highest BCUT2D eigenvalue weighted by Gasteiger charge is 2.43. The van der Waals surface area contributed by atoms with Crippen LogP contribution in [-0.4, -0.2) is 33.5 Å². The Bertz CT molecular complexity index is 671. The van der Waals surface area contributed by atoms with Crippen molar-refractivity contribution in [1.82, 2.24) is 15.1 Å². The molecule has 0 radical (unpaired) electrons. The maximum atomic E-state index is 6.21. The summed E-state index contributed by atoms with van der Waals surface area (Å²) < 4.78 is 12.1. The zero-order valence-corrected chi connectivity index (χ0v) is 15.7. The molecule has 1 aromatic carbocycles. The summed E-state index contributed by atoms with van der Waals surface area (Å²) in [6.45, 7) is 10.3. The molecule has 3 rings (SSSR count). The van der Waals surface area contributed by atoms with Gasteiger partial charge in [-0.3, -0.25) is 4.90 Å². The SMILES string of the molecule is CCC1COC(C)(CCC(C)C)N1Cc1nnc(-c2ccccc2)o1. The van der Waals surface area contributed by atoms with Crippen molar-refractivity contribution in [2.45, 2.75) is 65.3 Å². The van der Waals surface area contributed by atoms with Gasteiger partial charge in [0, 0.05) is 11.6 Å². The van der Waals surface area contributed by atoms with Crippen LogP contribution in [0.25, 0.3) is 11.5 Å². The molecule has 0 saturated carbocycles. The molecule has 1 aliphatic rings. The zero-order valence-electron chi connectivity index (χ0n) is 15.7. The lowest BCUT2D eigenvalue weighted by molar-refractivity contribution is -0.0855. The third-order valence-corrected chi connectivity index (χ3v) is 5.08. The highest BCUT2D eigenvalue weighted by molar-refractivity contribution is 5.51. The lowest BCUT2D eigenvalue weighted by Gasteiger charge is -2.36. The largest absolute Gasteiger partial charge is 0.419 e. The molecule has 1 aliphatic heterocycles. The zero-order chi connectivity index (χ0) is 17.9. The van der Waals surface area contributed by atoms with Crippen molar-refractivity contribution in [2.75, 3.05) is 6.61 Å². The Hall–Kier alpha value is -1.72. The minimum atomic E-state index is -0.258. The molecule has 0 bridgehead atoms. The average Bonchev–Trinajstić information content (AvgIpc) is 3.20. The Kier molecular flexibility index (Phi) is 5.54. The Morgan fingerprint density at radius 2 is 2.00 bits per heavy atom. The molecule has 0 aliphatic carbocycles. The van der Waals surface area contributed by atoms with Gasteiger partial charge in [-0.2, -0.15) is 0 Å². The van der Waals surface area contributed by atoms with E-state index in [4.69, 9.17) is 9.15 Å². The van der Waals surface area contributed by atoms with Crippen molar-refractivity contribution < 1.29 is 9.15 Å². The maximum Gasteiger partial charge on any atom is 0.247 e. The summed E-state index contributed by atoms with van der Waals surface area (Å²) in [7, 11) is 0. The van der Waals surface area contributed by atoms with E-state index in [-0.39, 0.29) is 5.72 Å². The summed E-state index contributed by atoms with van der Waals surface area (Å²) in [5, 5.41) is 8.49. The van der Waals surface area contributed by atoms with Crippen LogP contribution in [0.2, 0.25) is 0 Å². The molecule has 1 aromatic heterocycles. The Morgan fingerprint density at radius 3 is 2.68 bits per heavy atom. The summed E-state index contributed by atoms with van der Waals surface area (Å²) in [5.41, 5.74) is 0.695. The monoisotopic (exact) mass is 343 g/mol. The van der Waals surface area contributed by atoms with Crippen LogP contribution in [0.15, 0.2) is 34.7 Å². The van der Waals surface area contributed by atoms with Crippen molar-refractivity contribution in [3.05, 3.63) is 36.2 Å². The predicted octanol–water partition coefficient (Wildman–Crippen LogP) is 4.50. The Labute approximate surface area is 150 Å². The van der Waals surface area contributed by atoms with Crippen molar-refractivity contribution >= 4 is 0 Å². The molecule has 0 N–H and O–H groups in total. The molecular formula is C20H29N3O2. The van der Waals surface area contributed by atoms with Gasteiger partial charge in [-0.25, -0.2) is 0 Å². The smallest absolute Gasteiger partial charge is 0.247 e. The molecule has 5 nitrogen and oxygen atoms in total. The van der Waals surface area contributed by atoms with Gasteiger partial charge >= 0.3 is 0 Å². The van der Waals surface area contributed by atoms with Crippen LogP contribution in [0.4, 0.5) is 0 Å². The maximum absolute atomic E-state index is 6.21. The standard InChI is InChI=1S/C20H29N3O2/c1-5-17-14-24-20(4,12-11-15(2)3)23(17)13-18-21-22-19(25-18)16-9-7-6-8-10-16/h6-10,15,17H,5,11-14H2,1-4H3. The third-order valence-electron chi connectivity index (χ3n) is 5.08. The summed E-state index contributed by atoms with van der Waals surface area (Å²) in [5.74, 6) is 1.89. The average molecular weight is 343 g/mol. The van der Waals surface area contributed by atoms with E-state index in [2.05, 4.69) is 42.8 Å².